The Bertz CT molecular complexity index is 89.0. The van der Waals surface area contributed by atoms with E-state index in [9.17, 15) is 4.79 Å². The molecule has 0 unspecified atom stereocenters. The van der Waals surface area contributed by atoms with Crippen LogP contribution in [0.4, 0.5) is 0 Å². The van der Waals surface area contributed by atoms with E-state index >= 15 is 0 Å². The monoisotopic (exact) mass is 132 g/mol. The van der Waals surface area contributed by atoms with Gasteiger partial charge in [-0.3, -0.25) is 0 Å². The number of nitrogens with zero attached hydrogens (tertiary/aromatic N) is 1. The lowest BCUT2D eigenvalue weighted by atomic mass is 10.6. The van der Waals surface area contributed by atoms with Crippen molar-refractivity contribution in [2.45, 2.75) is 6.92 Å². The molecule has 9 heavy (non-hydrogen) atoms. The Labute approximate surface area is 54.3 Å². The molecule has 0 aliphatic heterocycles. The van der Waals surface area contributed by atoms with Gasteiger partial charge in [-0.05, 0) is 6.54 Å². The molecule has 0 aliphatic rings. The standard InChI is InChI=1S/C5H10N2O.H2O/c1-2-6-3-4-7-5-8;/h6H,2-4H2,1H3;1H2. The highest BCUT2D eigenvalue weighted by molar-refractivity contribution is 5.32. The molecule has 4 nitrogen and oxygen atoms in total. The maximum absolute atomic E-state index is 9.45. The summed E-state index contributed by atoms with van der Waals surface area (Å²) in [6, 6.07) is 0. The Hall–Kier alpha value is -0.700. The molecule has 4 heteroatoms. The minimum Gasteiger partial charge on any atom is -0.412 e. The van der Waals surface area contributed by atoms with E-state index in [0.29, 0.717) is 6.54 Å². The number of carbonyl (C=O) groups excluding carboxylic acids is 1. The van der Waals surface area contributed by atoms with Gasteiger partial charge in [0.15, 0.2) is 0 Å². The first-order valence-corrected chi connectivity index (χ1v) is 2.66. The van der Waals surface area contributed by atoms with Gasteiger partial charge in [0.1, 0.15) is 0 Å². The minimum atomic E-state index is 0. The summed E-state index contributed by atoms with van der Waals surface area (Å²) in [5, 5.41) is 3.01. The van der Waals surface area contributed by atoms with Crippen LogP contribution in [0.1, 0.15) is 6.92 Å². The van der Waals surface area contributed by atoms with E-state index in [1.54, 1.807) is 0 Å². The number of hydrogen-bond acceptors (Lipinski definition) is 3. The lowest BCUT2D eigenvalue weighted by Crippen LogP contribution is -2.16. The van der Waals surface area contributed by atoms with Gasteiger partial charge in [-0.25, -0.2) is 9.79 Å². The molecule has 0 saturated heterocycles. The van der Waals surface area contributed by atoms with Crippen molar-refractivity contribution < 1.29 is 10.3 Å². The van der Waals surface area contributed by atoms with Crippen LogP contribution in [0.25, 0.3) is 0 Å². The van der Waals surface area contributed by atoms with Crippen molar-refractivity contribution in [1.82, 2.24) is 5.32 Å². The van der Waals surface area contributed by atoms with Gasteiger partial charge in [-0.15, -0.1) is 0 Å². The van der Waals surface area contributed by atoms with E-state index in [-0.39, 0.29) is 5.48 Å². The molecular formula is C5H12N2O2. The molecule has 0 rings (SSSR count). The highest BCUT2D eigenvalue weighted by Crippen LogP contribution is 1.61. The van der Waals surface area contributed by atoms with Gasteiger partial charge in [0.2, 0.25) is 6.08 Å². The fourth-order valence-corrected chi connectivity index (χ4v) is 0.357. The molecule has 0 aromatic heterocycles. The summed E-state index contributed by atoms with van der Waals surface area (Å²) < 4.78 is 0. The molecule has 0 aromatic carbocycles. The van der Waals surface area contributed by atoms with Gasteiger partial charge in [-0.1, -0.05) is 6.92 Å². The van der Waals surface area contributed by atoms with Crippen LogP contribution in [-0.2, 0) is 4.79 Å². The Morgan fingerprint density at radius 1 is 1.67 bits per heavy atom. The lowest BCUT2D eigenvalue weighted by Gasteiger charge is -1.91. The molecule has 0 aliphatic carbocycles. The Morgan fingerprint density at radius 3 is 2.78 bits per heavy atom. The lowest BCUT2D eigenvalue weighted by molar-refractivity contribution is 0.562. The number of nitrogens with one attached hydrogen (secondary N) is 1. The van der Waals surface area contributed by atoms with E-state index < -0.39 is 0 Å². The largest absolute Gasteiger partial charge is 0.412 e. The SMILES string of the molecule is CCNCCN=C=O.O. The summed E-state index contributed by atoms with van der Waals surface area (Å²) in [6.45, 7) is 4.24. The van der Waals surface area contributed by atoms with Gasteiger partial charge >= 0.3 is 0 Å². The number of isocyanates is 1. The summed E-state index contributed by atoms with van der Waals surface area (Å²) in [4.78, 5) is 12.8. The van der Waals surface area contributed by atoms with E-state index in [2.05, 4.69) is 10.3 Å². The predicted molar refractivity (Wildman–Crippen MR) is 35.1 cm³/mol. The van der Waals surface area contributed by atoms with Gasteiger partial charge in [0, 0.05) is 6.54 Å². The van der Waals surface area contributed by atoms with Crippen LogP contribution in [0, 0.1) is 0 Å². The van der Waals surface area contributed by atoms with Gasteiger partial charge < -0.3 is 10.8 Å². The van der Waals surface area contributed by atoms with Crippen LogP contribution < -0.4 is 5.32 Å². The van der Waals surface area contributed by atoms with Gasteiger partial charge in [0.05, 0.1) is 6.54 Å². The van der Waals surface area contributed by atoms with Crippen LogP contribution in [0.15, 0.2) is 4.99 Å². The highest BCUT2D eigenvalue weighted by atomic mass is 16.1. The van der Waals surface area contributed by atoms with Crippen molar-refractivity contribution in [2.75, 3.05) is 19.6 Å². The zero-order valence-corrected chi connectivity index (χ0v) is 5.48. The second kappa shape index (κ2) is 10.3. The number of likely N-dealkylation sites (N-methyl/N-ethyl adjacent to an activating group) is 1. The Kier molecular flexibility index (Phi) is 12.8. The topological polar surface area (TPSA) is 73.0 Å². The molecule has 0 amide bonds. The second-order valence-corrected chi connectivity index (χ2v) is 1.33. The van der Waals surface area contributed by atoms with Crippen molar-refractivity contribution in [3.8, 4) is 0 Å². The van der Waals surface area contributed by atoms with Crippen molar-refractivity contribution in [3.63, 3.8) is 0 Å². The molecule has 54 valence electrons. The molecular weight excluding hydrogens is 120 g/mol. The number of aliphatic imine (C=N–C) groups is 1. The van der Waals surface area contributed by atoms with E-state index in [0.717, 1.165) is 13.1 Å². The van der Waals surface area contributed by atoms with Crippen molar-refractivity contribution in [2.24, 2.45) is 4.99 Å². The summed E-state index contributed by atoms with van der Waals surface area (Å²) in [7, 11) is 0. The normalized spacial score (nSPS) is 7.22. The van der Waals surface area contributed by atoms with Crippen LogP contribution in [0.2, 0.25) is 0 Å². The summed E-state index contributed by atoms with van der Waals surface area (Å²) in [5.41, 5.74) is 0. The average molecular weight is 132 g/mol. The molecule has 0 fully saturated rings. The maximum atomic E-state index is 9.45. The highest BCUT2D eigenvalue weighted by Gasteiger charge is 1.76. The number of hydrogen-bond donors (Lipinski definition) is 1. The third kappa shape index (κ3) is 11.1. The average Bonchev–Trinajstić information content (AvgIpc) is 1.81. The fourth-order valence-electron chi connectivity index (χ4n) is 0.357. The first kappa shape index (κ1) is 11.1. The number of rotatable bonds is 4. The van der Waals surface area contributed by atoms with E-state index in [4.69, 9.17) is 0 Å². The molecule has 3 N–H and O–H groups in total. The zero-order chi connectivity index (χ0) is 6.24. The second-order valence-electron chi connectivity index (χ2n) is 1.33. The summed E-state index contributed by atoms with van der Waals surface area (Å²) >= 11 is 0. The third-order valence-corrected chi connectivity index (χ3v) is 0.715. The maximum Gasteiger partial charge on any atom is 0.234 e. The molecule has 0 spiro atoms. The van der Waals surface area contributed by atoms with Crippen LogP contribution in [0.5, 0.6) is 0 Å². The summed E-state index contributed by atoms with van der Waals surface area (Å²) in [5.74, 6) is 0. The molecule has 0 saturated carbocycles. The van der Waals surface area contributed by atoms with Crippen molar-refractivity contribution in [1.29, 1.82) is 0 Å². The molecule has 0 radical (unpaired) electrons. The molecule has 0 atom stereocenters. The smallest absolute Gasteiger partial charge is 0.234 e. The zero-order valence-electron chi connectivity index (χ0n) is 5.48. The predicted octanol–water partition coefficient (Wildman–Crippen LogP) is -0.893. The molecule has 0 bridgehead atoms. The quantitative estimate of drug-likeness (QED) is 0.306. The van der Waals surface area contributed by atoms with Crippen molar-refractivity contribution >= 4 is 6.08 Å². The molecule has 0 heterocycles. The van der Waals surface area contributed by atoms with Gasteiger partial charge in [-0.2, -0.15) is 0 Å². The first-order chi connectivity index (χ1) is 3.91. The Morgan fingerprint density at radius 2 is 2.33 bits per heavy atom. The van der Waals surface area contributed by atoms with Crippen LogP contribution >= 0.6 is 0 Å². The van der Waals surface area contributed by atoms with E-state index in [1.165, 1.54) is 6.08 Å². The summed E-state index contributed by atoms with van der Waals surface area (Å²) in [6.07, 6.45) is 1.46. The van der Waals surface area contributed by atoms with Crippen molar-refractivity contribution in [3.05, 3.63) is 0 Å². The Balaban J connectivity index is 0. The van der Waals surface area contributed by atoms with E-state index in [1.807, 2.05) is 6.92 Å². The fraction of sp³-hybridized carbons (Fsp3) is 0.800. The minimum absolute atomic E-state index is 0. The van der Waals surface area contributed by atoms with Crippen LogP contribution in [-0.4, -0.2) is 31.2 Å². The third-order valence-electron chi connectivity index (χ3n) is 0.715. The van der Waals surface area contributed by atoms with Crippen LogP contribution in [0.3, 0.4) is 0 Å². The van der Waals surface area contributed by atoms with Gasteiger partial charge in [0.25, 0.3) is 0 Å². The first-order valence-electron chi connectivity index (χ1n) is 2.66. The molecule has 0 aromatic rings.